The van der Waals surface area contributed by atoms with E-state index < -0.39 is 0 Å². The van der Waals surface area contributed by atoms with Crippen molar-refractivity contribution in [1.29, 1.82) is 0 Å². The van der Waals surface area contributed by atoms with Gasteiger partial charge in [0, 0.05) is 31.9 Å². The lowest BCUT2D eigenvalue weighted by Gasteiger charge is -2.37. The summed E-state index contributed by atoms with van der Waals surface area (Å²) >= 11 is 1.51. The van der Waals surface area contributed by atoms with Crippen molar-refractivity contribution in [2.75, 3.05) is 39.8 Å². The molecule has 3 heterocycles. The van der Waals surface area contributed by atoms with Gasteiger partial charge < -0.3 is 19.4 Å². The zero-order valence-corrected chi connectivity index (χ0v) is 21.5. The Kier molecular flexibility index (Phi) is 7.48. The molecule has 4 rings (SSSR count). The minimum Gasteiger partial charge on any atom is -0.463 e. The molecule has 0 radical (unpaired) electrons. The zero-order valence-electron chi connectivity index (χ0n) is 20.7. The molecule has 3 aliphatic rings. The molecule has 0 aromatic heterocycles. The number of hydrogen-bond donors (Lipinski definition) is 0. The summed E-state index contributed by atoms with van der Waals surface area (Å²) in [7, 11) is 2.08. The van der Waals surface area contributed by atoms with Crippen LogP contribution in [0.3, 0.4) is 0 Å². The average Bonchev–Trinajstić information content (AvgIpc) is 3.20. The van der Waals surface area contributed by atoms with Crippen molar-refractivity contribution < 1.29 is 14.3 Å². The molecule has 1 aromatic rings. The molecular weight excluding hydrogens is 448 g/mol. The first kappa shape index (κ1) is 24.5. The molecule has 0 unspecified atom stereocenters. The third-order valence-corrected chi connectivity index (χ3v) is 7.49. The third-order valence-electron chi connectivity index (χ3n) is 6.60. The van der Waals surface area contributed by atoms with E-state index in [2.05, 4.69) is 55.0 Å². The van der Waals surface area contributed by atoms with Gasteiger partial charge in [-0.2, -0.15) is 0 Å². The molecule has 7 nitrogen and oxygen atoms in total. The number of hydrogen-bond acceptors (Lipinski definition) is 7. The van der Waals surface area contributed by atoms with Crippen molar-refractivity contribution in [3.8, 4) is 0 Å². The van der Waals surface area contributed by atoms with Gasteiger partial charge in [-0.25, -0.2) is 9.79 Å². The number of aliphatic imine (C=N–C) groups is 1. The van der Waals surface area contributed by atoms with Crippen molar-refractivity contribution in [3.63, 3.8) is 0 Å². The molecule has 0 aliphatic carbocycles. The Morgan fingerprint density at radius 1 is 1.15 bits per heavy atom. The fourth-order valence-electron chi connectivity index (χ4n) is 4.54. The number of allylic oxidation sites excluding steroid dienone is 1. The second-order valence-electron chi connectivity index (χ2n) is 9.30. The van der Waals surface area contributed by atoms with Crippen molar-refractivity contribution in [3.05, 3.63) is 57.8 Å². The first-order chi connectivity index (χ1) is 16.3. The number of amidine groups is 1. The van der Waals surface area contributed by atoms with Crippen molar-refractivity contribution in [2.45, 2.75) is 46.1 Å². The number of nitrogens with zero attached hydrogens (tertiary/aromatic N) is 4. The van der Waals surface area contributed by atoms with Crippen LogP contribution in [0.15, 0.2) is 51.6 Å². The van der Waals surface area contributed by atoms with E-state index in [1.54, 1.807) is 0 Å². The number of amides is 1. The summed E-state index contributed by atoms with van der Waals surface area (Å²) < 4.78 is 5.44. The monoisotopic (exact) mass is 482 g/mol. The first-order valence-corrected chi connectivity index (χ1v) is 12.9. The molecule has 0 N–H and O–H groups in total. The maximum absolute atomic E-state index is 13.2. The molecule has 3 aliphatic heterocycles. The van der Waals surface area contributed by atoms with Gasteiger partial charge in [0.15, 0.2) is 5.17 Å². The van der Waals surface area contributed by atoms with Gasteiger partial charge in [0.25, 0.3) is 0 Å². The topological polar surface area (TPSA) is 65.5 Å². The van der Waals surface area contributed by atoms with Crippen LogP contribution >= 0.6 is 11.8 Å². The number of piperazine rings is 1. The minimum absolute atomic E-state index is 0.110. The van der Waals surface area contributed by atoms with E-state index in [1.807, 2.05) is 24.2 Å². The third kappa shape index (κ3) is 4.93. The fraction of sp³-hybridized carbons (Fsp3) is 0.500. The van der Waals surface area contributed by atoms with Crippen LogP contribution in [0.4, 0.5) is 0 Å². The normalized spacial score (nSPS) is 20.9. The molecule has 1 atom stereocenters. The smallest absolute Gasteiger partial charge is 0.338 e. The van der Waals surface area contributed by atoms with Gasteiger partial charge in [-0.1, -0.05) is 49.9 Å². The van der Waals surface area contributed by atoms with E-state index in [1.165, 1.54) is 17.3 Å². The van der Waals surface area contributed by atoms with E-state index >= 15 is 0 Å². The molecule has 1 fully saturated rings. The number of carbonyl (C=O) groups excluding carboxylic acids is 2. The van der Waals surface area contributed by atoms with Crippen LogP contribution in [0.1, 0.15) is 57.2 Å². The molecule has 1 amide bonds. The first-order valence-electron chi connectivity index (χ1n) is 12.0. The predicted octanol–water partition coefficient (Wildman–Crippen LogP) is 4.11. The van der Waals surface area contributed by atoms with E-state index in [0.29, 0.717) is 23.8 Å². The van der Waals surface area contributed by atoms with E-state index in [4.69, 9.17) is 9.73 Å². The number of ether oxygens (including phenoxy) is 1. The van der Waals surface area contributed by atoms with Crippen LogP contribution in [-0.4, -0.2) is 71.6 Å². The summed E-state index contributed by atoms with van der Waals surface area (Å²) in [5, 5.41) is 2.80. The quantitative estimate of drug-likeness (QED) is 0.569. The second-order valence-corrected chi connectivity index (χ2v) is 10.1. The predicted molar refractivity (Wildman–Crippen MR) is 136 cm³/mol. The SMILES string of the molecule is CCOC(=O)C1=C(C)N=C2SC=C(CC(=O)N3CCN(C)CC3)N2[C@@H]1c1ccc(C(C)C)cc1. The van der Waals surface area contributed by atoms with Crippen LogP contribution in [0.25, 0.3) is 0 Å². The number of benzene rings is 1. The number of likely N-dealkylation sites (N-methyl/N-ethyl adjacent to an activating group) is 1. The Morgan fingerprint density at radius 2 is 1.82 bits per heavy atom. The molecule has 182 valence electrons. The van der Waals surface area contributed by atoms with Gasteiger partial charge in [0.1, 0.15) is 0 Å². The van der Waals surface area contributed by atoms with E-state index in [0.717, 1.165) is 42.6 Å². The lowest BCUT2D eigenvalue weighted by Crippen LogP contribution is -2.47. The summed E-state index contributed by atoms with van der Waals surface area (Å²) in [6.07, 6.45) is 0.283. The highest BCUT2D eigenvalue weighted by Gasteiger charge is 2.41. The highest BCUT2D eigenvalue weighted by molar-refractivity contribution is 8.16. The largest absolute Gasteiger partial charge is 0.463 e. The number of esters is 1. The summed E-state index contributed by atoms with van der Waals surface area (Å²) in [6, 6.07) is 8.02. The van der Waals surface area contributed by atoms with Crippen molar-refractivity contribution >= 4 is 28.8 Å². The van der Waals surface area contributed by atoms with E-state index in [-0.39, 0.29) is 24.3 Å². The summed E-state index contributed by atoms with van der Waals surface area (Å²) in [6.45, 7) is 11.5. The lowest BCUT2D eigenvalue weighted by molar-refractivity contribution is -0.139. The van der Waals surface area contributed by atoms with Gasteiger partial charge in [-0.3, -0.25) is 4.79 Å². The zero-order chi connectivity index (χ0) is 24.4. The summed E-state index contributed by atoms with van der Waals surface area (Å²) in [5.74, 6) is 0.166. The van der Waals surface area contributed by atoms with E-state index in [9.17, 15) is 9.59 Å². The number of fused-ring (bicyclic) bond motifs is 1. The Bertz CT molecular complexity index is 1040. The standard InChI is InChI=1S/C26H34N4O3S/c1-6-33-25(32)23-18(4)27-26-30(24(23)20-9-7-19(8-10-20)17(2)3)21(16-34-26)15-22(31)29-13-11-28(5)12-14-29/h7-10,16-17,24H,6,11-15H2,1-5H3/t24-/m1/s1. The molecule has 0 bridgehead atoms. The van der Waals surface area contributed by atoms with Gasteiger partial charge in [0.05, 0.1) is 30.3 Å². The molecule has 1 saturated heterocycles. The van der Waals surface area contributed by atoms with Crippen LogP contribution in [0, 0.1) is 0 Å². The van der Waals surface area contributed by atoms with Gasteiger partial charge in [-0.05, 0) is 43.3 Å². The summed E-state index contributed by atoms with van der Waals surface area (Å²) in [5.41, 5.74) is 4.29. The van der Waals surface area contributed by atoms with Gasteiger partial charge >= 0.3 is 5.97 Å². The second kappa shape index (κ2) is 10.4. The van der Waals surface area contributed by atoms with Gasteiger partial charge in [-0.15, -0.1) is 0 Å². The summed E-state index contributed by atoms with van der Waals surface area (Å²) in [4.78, 5) is 37.2. The molecular formula is C26H34N4O3S. The average molecular weight is 483 g/mol. The minimum atomic E-state index is -0.380. The number of thioether (sulfide) groups is 1. The fourth-order valence-corrected chi connectivity index (χ4v) is 5.51. The Hall–Kier alpha value is -2.58. The maximum atomic E-state index is 13.2. The Balaban J connectivity index is 1.67. The van der Waals surface area contributed by atoms with Gasteiger partial charge in [0.2, 0.25) is 5.91 Å². The molecule has 0 saturated carbocycles. The highest BCUT2D eigenvalue weighted by atomic mass is 32.2. The van der Waals surface area contributed by atoms with Crippen molar-refractivity contribution in [1.82, 2.24) is 14.7 Å². The number of rotatable bonds is 6. The lowest BCUT2D eigenvalue weighted by atomic mass is 9.92. The molecule has 8 heteroatoms. The van der Waals surface area contributed by atoms with Crippen LogP contribution in [0.2, 0.25) is 0 Å². The molecule has 1 aromatic carbocycles. The maximum Gasteiger partial charge on any atom is 0.338 e. The Labute approximate surface area is 206 Å². The van der Waals surface area contributed by atoms with Crippen LogP contribution in [0.5, 0.6) is 0 Å². The van der Waals surface area contributed by atoms with Crippen LogP contribution < -0.4 is 0 Å². The van der Waals surface area contributed by atoms with Crippen LogP contribution in [-0.2, 0) is 14.3 Å². The molecule has 34 heavy (non-hydrogen) atoms. The Morgan fingerprint density at radius 3 is 2.44 bits per heavy atom. The van der Waals surface area contributed by atoms with Crippen molar-refractivity contribution in [2.24, 2.45) is 4.99 Å². The highest BCUT2D eigenvalue weighted by Crippen LogP contribution is 2.45. The molecule has 0 spiro atoms. The number of carbonyl (C=O) groups is 2.